The Morgan fingerprint density at radius 2 is 1.63 bits per heavy atom. The minimum absolute atomic E-state index is 0.0354. The van der Waals surface area contributed by atoms with Gasteiger partial charge >= 0.3 is 18.1 Å². The van der Waals surface area contributed by atoms with Crippen molar-refractivity contribution in [3.8, 4) is 5.75 Å². The molecule has 0 radical (unpaired) electrons. The zero-order valence-electron chi connectivity index (χ0n) is 18.5. The lowest BCUT2D eigenvalue weighted by molar-refractivity contribution is -0.165. The molecule has 0 aliphatic carbocycles. The first kappa shape index (κ1) is 25.8. The summed E-state index contributed by atoms with van der Waals surface area (Å²) in [7, 11) is 0. The van der Waals surface area contributed by atoms with Gasteiger partial charge in [0.15, 0.2) is 0 Å². The summed E-state index contributed by atoms with van der Waals surface area (Å²) in [5.74, 6) is -1.97. The Kier molecular flexibility index (Phi) is 8.75. The Hall–Kier alpha value is -2.25. The van der Waals surface area contributed by atoms with Gasteiger partial charge in [-0.3, -0.25) is 9.59 Å². The van der Waals surface area contributed by atoms with Crippen LogP contribution in [0.1, 0.15) is 60.5 Å². The maximum Gasteiger partial charge on any atom is 0.416 e. The first-order chi connectivity index (χ1) is 13.6. The fourth-order valence-electron chi connectivity index (χ4n) is 2.76. The molecule has 0 N–H and O–H groups in total. The summed E-state index contributed by atoms with van der Waals surface area (Å²) in [5, 5.41) is 0. The molecule has 0 aromatic heterocycles. The molecule has 0 bridgehead atoms. The van der Waals surface area contributed by atoms with Gasteiger partial charge in [0.05, 0.1) is 17.9 Å². The van der Waals surface area contributed by atoms with Gasteiger partial charge in [-0.05, 0) is 51.8 Å². The first-order valence-electron chi connectivity index (χ1n) is 9.86. The van der Waals surface area contributed by atoms with Crippen LogP contribution in [0, 0.1) is 11.8 Å². The number of benzene rings is 1. The minimum atomic E-state index is -4.48. The van der Waals surface area contributed by atoms with Gasteiger partial charge in [0, 0.05) is 0 Å². The van der Waals surface area contributed by atoms with Crippen LogP contribution in [-0.4, -0.2) is 29.7 Å². The van der Waals surface area contributed by atoms with E-state index >= 15 is 0 Å². The quantitative estimate of drug-likeness (QED) is 0.514. The van der Waals surface area contributed by atoms with Gasteiger partial charge in [-0.25, -0.2) is 0 Å². The van der Waals surface area contributed by atoms with Crippen molar-refractivity contribution in [1.82, 2.24) is 0 Å². The van der Waals surface area contributed by atoms with Crippen molar-refractivity contribution in [2.45, 2.75) is 78.9 Å². The Morgan fingerprint density at radius 3 is 2.13 bits per heavy atom. The fraction of sp³-hybridized carbons (Fsp3) is 0.636. The lowest BCUT2D eigenvalue weighted by Crippen LogP contribution is -2.39. The van der Waals surface area contributed by atoms with Crippen LogP contribution in [0.2, 0.25) is 0 Å². The molecular weight excluding hydrogens is 401 g/mol. The largest absolute Gasteiger partial charge is 0.486 e. The van der Waals surface area contributed by atoms with Gasteiger partial charge in [-0.15, -0.1) is 0 Å². The van der Waals surface area contributed by atoms with Gasteiger partial charge in [-0.1, -0.05) is 26.8 Å². The van der Waals surface area contributed by atoms with Crippen LogP contribution >= 0.6 is 0 Å². The summed E-state index contributed by atoms with van der Waals surface area (Å²) >= 11 is 0. The van der Waals surface area contributed by atoms with E-state index in [9.17, 15) is 22.8 Å². The lowest BCUT2D eigenvalue weighted by atomic mass is 10.0. The molecule has 0 aliphatic heterocycles. The maximum absolute atomic E-state index is 12.9. The van der Waals surface area contributed by atoms with Crippen LogP contribution in [0.25, 0.3) is 0 Å². The van der Waals surface area contributed by atoms with Crippen LogP contribution in [0.5, 0.6) is 5.75 Å². The highest BCUT2D eigenvalue weighted by atomic mass is 19.4. The highest BCUT2D eigenvalue weighted by molar-refractivity contribution is 5.79. The van der Waals surface area contributed by atoms with E-state index in [0.717, 1.165) is 12.1 Å². The Bertz CT molecular complexity index is 722. The van der Waals surface area contributed by atoms with E-state index in [-0.39, 0.29) is 18.1 Å². The molecule has 5 nitrogen and oxygen atoms in total. The summed E-state index contributed by atoms with van der Waals surface area (Å²) in [6.45, 7) is 12.0. The molecule has 0 aliphatic rings. The lowest BCUT2D eigenvalue weighted by Gasteiger charge is -2.29. The van der Waals surface area contributed by atoms with Gasteiger partial charge in [0.1, 0.15) is 23.6 Å². The molecule has 3 atom stereocenters. The number of alkyl halides is 3. The molecule has 0 unspecified atom stereocenters. The van der Waals surface area contributed by atoms with E-state index in [1.807, 2.05) is 13.8 Å². The van der Waals surface area contributed by atoms with Crippen molar-refractivity contribution in [2.24, 2.45) is 11.8 Å². The van der Waals surface area contributed by atoms with E-state index < -0.39 is 47.4 Å². The molecule has 0 saturated carbocycles. The molecule has 170 valence electrons. The number of hydrogen-bond acceptors (Lipinski definition) is 5. The fourth-order valence-corrected chi connectivity index (χ4v) is 2.76. The van der Waals surface area contributed by atoms with E-state index in [4.69, 9.17) is 14.2 Å². The molecule has 30 heavy (non-hydrogen) atoms. The molecule has 0 fully saturated rings. The summed E-state index contributed by atoms with van der Waals surface area (Å²) in [4.78, 5) is 24.3. The highest BCUT2D eigenvalue weighted by Crippen LogP contribution is 2.32. The van der Waals surface area contributed by atoms with Crippen molar-refractivity contribution in [3.63, 3.8) is 0 Å². The molecule has 1 aromatic carbocycles. The van der Waals surface area contributed by atoms with E-state index in [2.05, 4.69) is 0 Å². The van der Waals surface area contributed by atoms with Crippen molar-refractivity contribution < 1.29 is 37.0 Å². The van der Waals surface area contributed by atoms with Gasteiger partial charge in [0.2, 0.25) is 0 Å². The summed E-state index contributed by atoms with van der Waals surface area (Å²) in [6.07, 6.45) is -6.04. The predicted molar refractivity (Wildman–Crippen MR) is 106 cm³/mol. The zero-order valence-corrected chi connectivity index (χ0v) is 18.5. The van der Waals surface area contributed by atoms with Gasteiger partial charge in [0.25, 0.3) is 0 Å². The number of rotatable bonds is 8. The van der Waals surface area contributed by atoms with Crippen LogP contribution in [0.4, 0.5) is 13.2 Å². The molecule has 0 spiro atoms. The third-order valence-corrected chi connectivity index (χ3v) is 4.15. The maximum atomic E-state index is 12.9. The standard InChI is InChI=1S/C22H31F3O5/c1-13(2)19(29-17-10-8-9-16(12-17)22(23,24)25)15(4)28-20(27)14(3)11-18(26)30-21(5,6)7/h8-10,12-15,19H,11H2,1-7H3/t14-,15+,19+/m1/s1. The van der Waals surface area contributed by atoms with Crippen molar-refractivity contribution in [3.05, 3.63) is 29.8 Å². The number of hydrogen-bond donors (Lipinski definition) is 0. The first-order valence-corrected chi connectivity index (χ1v) is 9.86. The molecule has 0 heterocycles. The molecule has 1 aromatic rings. The van der Waals surface area contributed by atoms with Crippen molar-refractivity contribution in [1.29, 1.82) is 0 Å². The van der Waals surface area contributed by atoms with Crippen molar-refractivity contribution >= 4 is 11.9 Å². The molecular formula is C22H31F3O5. The topological polar surface area (TPSA) is 61.8 Å². The van der Waals surface area contributed by atoms with Crippen LogP contribution in [0.3, 0.4) is 0 Å². The molecule has 0 amide bonds. The third-order valence-electron chi connectivity index (χ3n) is 4.15. The number of carbonyl (C=O) groups excluding carboxylic acids is 2. The smallest absolute Gasteiger partial charge is 0.416 e. The van der Waals surface area contributed by atoms with Gasteiger partial charge < -0.3 is 14.2 Å². The Morgan fingerprint density at radius 1 is 1.03 bits per heavy atom. The summed E-state index contributed by atoms with van der Waals surface area (Å²) < 4.78 is 55.2. The molecule has 0 saturated heterocycles. The van der Waals surface area contributed by atoms with Crippen molar-refractivity contribution in [2.75, 3.05) is 0 Å². The highest BCUT2D eigenvalue weighted by Gasteiger charge is 2.32. The summed E-state index contributed by atoms with van der Waals surface area (Å²) in [5.41, 5.74) is -1.48. The summed E-state index contributed by atoms with van der Waals surface area (Å²) in [6, 6.07) is 4.55. The van der Waals surface area contributed by atoms with E-state index in [1.54, 1.807) is 34.6 Å². The Balaban J connectivity index is 2.79. The molecule has 1 rings (SSSR count). The van der Waals surface area contributed by atoms with Gasteiger partial charge in [-0.2, -0.15) is 13.2 Å². The average molecular weight is 432 g/mol. The number of halogens is 3. The van der Waals surface area contributed by atoms with Crippen LogP contribution in [-0.2, 0) is 25.2 Å². The second kappa shape index (κ2) is 10.2. The van der Waals surface area contributed by atoms with E-state index in [0.29, 0.717) is 0 Å². The van der Waals surface area contributed by atoms with Crippen LogP contribution in [0.15, 0.2) is 24.3 Å². The normalized spacial score (nSPS) is 15.3. The monoisotopic (exact) mass is 432 g/mol. The number of carbonyl (C=O) groups is 2. The second-order valence-corrected chi connectivity index (χ2v) is 8.69. The van der Waals surface area contributed by atoms with Crippen LogP contribution < -0.4 is 4.74 Å². The second-order valence-electron chi connectivity index (χ2n) is 8.69. The number of ether oxygens (including phenoxy) is 3. The van der Waals surface area contributed by atoms with E-state index in [1.165, 1.54) is 12.1 Å². The SMILES string of the molecule is CC(C)[C@H](Oc1cccc(C(F)(F)F)c1)[C@H](C)OC(=O)[C@H](C)CC(=O)OC(C)(C)C. The zero-order chi connectivity index (χ0) is 23.3. The molecule has 8 heteroatoms. The third kappa shape index (κ3) is 8.63. The average Bonchev–Trinajstić information content (AvgIpc) is 2.56. The minimum Gasteiger partial charge on any atom is -0.486 e. The number of esters is 2. The predicted octanol–water partition coefficient (Wildman–Crippen LogP) is 5.41. The Labute approximate surface area is 175 Å².